The van der Waals surface area contributed by atoms with Gasteiger partial charge in [-0.25, -0.2) is 0 Å². The monoisotopic (exact) mass is 183 g/mol. The van der Waals surface area contributed by atoms with E-state index >= 15 is 0 Å². The maximum Gasteiger partial charge on any atom is 0.320 e. The summed E-state index contributed by atoms with van der Waals surface area (Å²) >= 11 is 0. The lowest BCUT2D eigenvalue weighted by Gasteiger charge is -2.27. The fraction of sp³-hybridized carbons (Fsp3) is 0.900. The number of carbonyl (C=O) groups is 1. The summed E-state index contributed by atoms with van der Waals surface area (Å²) in [6.07, 6.45) is 6.03. The zero-order valence-electron chi connectivity index (χ0n) is 7.83. The minimum Gasteiger partial charge on any atom is -0.480 e. The molecule has 2 atom stereocenters. The highest BCUT2D eigenvalue weighted by Gasteiger charge is 2.31. The Morgan fingerprint density at radius 2 is 2.08 bits per heavy atom. The zero-order chi connectivity index (χ0) is 9.26. The second kappa shape index (κ2) is 3.66. The summed E-state index contributed by atoms with van der Waals surface area (Å²) in [5.74, 6) is 0.910. The van der Waals surface area contributed by atoms with Crippen LogP contribution in [-0.4, -0.2) is 23.7 Å². The Hall–Kier alpha value is -0.570. The first-order valence-corrected chi connectivity index (χ1v) is 5.22. The lowest BCUT2D eigenvalue weighted by molar-refractivity contribution is -0.140. The van der Waals surface area contributed by atoms with Crippen molar-refractivity contribution in [2.24, 2.45) is 11.8 Å². The van der Waals surface area contributed by atoms with E-state index in [2.05, 4.69) is 5.32 Å². The van der Waals surface area contributed by atoms with Gasteiger partial charge in [0.25, 0.3) is 0 Å². The minimum atomic E-state index is -0.680. The molecule has 0 aromatic carbocycles. The molecule has 1 saturated heterocycles. The van der Waals surface area contributed by atoms with E-state index in [9.17, 15) is 4.79 Å². The van der Waals surface area contributed by atoms with E-state index in [1.807, 2.05) is 0 Å². The van der Waals surface area contributed by atoms with Crippen molar-refractivity contribution in [2.45, 2.75) is 38.1 Å². The van der Waals surface area contributed by atoms with E-state index in [4.69, 9.17) is 5.11 Å². The molecule has 0 bridgehead atoms. The Bertz CT molecular complexity index is 201. The molecule has 3 nitrogen and oxygen atoms in total. The fourth-order valence-electron chi connectivity index (χ4n) is 2.22. The molecule has 2 aliphatic rings. The van der Waals surface area contributed by atoms with Gasteiger partial charge < -0.3 is 10.4 Å². The van der Waals surface area contributed by atoms with Crippen LogP contribution in [0.25, 0.3) is 0 Å². The molecule has 2 N–H and O–H groups in total. The van der Waals surface area contributed by atoms with Gasteiger partial charge in [-0.1, -0.05) is 12.8 Å². The van der Waals surface area contributed by atoms with E-state index < -0.39 is 5.97 Å². The van der Waals surface area contributed by atoms with E-state index in [1.54, 1.807) is 0 Å². The van der Waals surface area contributed by atoms with Crippen LogP contribution in [0.3, 0.4) is 0 Å². The lowest BCUT2D eigenvalue weighted by Crippen LogP contribution is -2.43. The number of carboxylic acids is 1. The summed E-state index contributed by atoms with van der Waals surface area (Å²) in [7, 11) is 0. The van der Waals surface area contributed by atoms with Crippen LogP contribution < -0.4 is 5.32 Å². The highest BCUT2D eigenvalue weighted by atomic mass is 16.4. The number of aliphatic carboxylic acids is 1. The maximum atomic E-state index is 10.7. The smallest absolute Gasteiger partial charge is 0.320 e. The van der Waals surface area contributed by atoms with Gasteiger partial charge in [0.2, 0.25) is 0 Å². The van der Waals surface area contributed by atoms with Crippen molar-refractivity contribution in [1.29, 1.82) is 0 Å². The SMILES string of the molecule is O=C(O)C1CC(CC2CC2)CCN1. The van der Waals surface area contributed by atoms with E-state index in [0.717, 1.165) is 18.9 Å². The van der Waals surface area contributed by atoms with Crippen molar-refractivity contribution in [3.8, 4) is 0 Å². The van der Waals surface area contributed by atoms with Gasteiger partial charge >= 0.3 is 5.97 Å². The van der Waals surface area contributed by atoms with Crippen molar-refractivity contribution < 1.29 is 9.90 Å². The van der Waals surface area contributed by atoms with Crippen LogP contribution in [0, 0.1) is 11.8 Å². The van der Waals surface area contributed by atoms with Crippen LogP contribution in [0.4, 0.5) is 0 Å². The quantitative estimate of drug-likeness (QED) is 0.692. The number of piperidine rings is 1. The average Bonchev–Trinajstić information content (AvgIpc) is 2.89. The molecule has 1 heterocycles. The number of rotatable bonds is 3. The predicted molar refractivity (Wildman–Crippen MR) is 49.5 cm³/mol. The van der Waals surface area contributed by atoms with Crippen LogP contribution in [0.5, 0.6) is 0 Å². The second-order valence-corrected chi connectivity index (χ2v) is 4.41. The third-order valence-corrected chi connectivity index (χ3v) is 3.17. The lowest BCUT2D eigenvalue weighted by atomic mass is 9.88. The van der Waals surface area contributed by atoms with Gasteiger partial charge in [-0.3, -0.25) is 4.79 Å². The molecule has 2 fully saturated rings. The molecule has 3 heteroatoms. The highest BCUT2D eigenvalue weighted by Crippen LogP contribution is 2.38. The summed E-state index contributed by atoms with van der Waals surface area (Å²) in [6, 6.07) is -0.280. The van der Waals surface area contributed by atoms with Crippen molar-refractivity contribution >= 4 is 5.97 Å². The average molecular weight is 183 g/mol. The topological polar surface area (TPSA) is 49.3 Å². The molecule has 0 aromatic rings. The summed E-state index contributed by atoms with van der Waals surface area (Å²) in [5, 5.41) is 11.9. The van der Waals surface area contributed by atoms with Crippen molar-refractivity contribution in [2.75, 3.05) is 6.54 Å². The van der Waals surface area contributed by atoms with E-state index in [1.165, 1.54) is 25.7 Å². The Labute approximate surface area is 78.5 Å². The van der Waals surface area contributed by atoms with Gasteiger partial charge in [0, 0.05) is 0 Å². The van der Waals surface area contributed by atoms with Gasteiger partial charge in [0.15, 0.2) is 0 Å². The number of nitrogens with one attached hydrogen (secondary N) is 1. The van der Waals surface area contributed by atoms with Crippen LogP contribution in [0.2, 0.25) is 0 Å². The molecule has 1 aliphatic carbocycles. The first-order chi connectivity index (χ1) is 6.25. The van der Waals surface area contributed by atoms with Gasteiger partial charge in [-0.2, -0.15) is 0 Å². The Balaban J connectivity index is 1.80. The number of hydrogen-bond acceptors (Lipinski definition) is 2. The van der Waals surface area contributed by atoms with E-state index in [0.29, 0.717) is 5.92 Å². The van der Waals surface area contributed by atoms with Crippen molar-refractivity contribution in [1.82, 2.24) is 5.32 Å². The first kappa shape index (κ1) is 9.00. The molecule has 0 amide bonds. The largest absolute Gasteiger partial charge is 0.480 e. The predicted octanol–water partition coefficient (Wildman–Crippen LogP) is 1.24. The summed E-state index contributed by atoms with van der Waals surface area (Å²) in [6.45, 7) is 0.883. The van der Waals surface area contributed by atoms with Crippen LogP contribution in [0.15, 0.2) is 0 Å². The Morgan fingerprint density at radius 3 is 2.69 bits per heavy atom. The van der Waals surface area contributed by atoms with Gasteiger partial charge in [-0.15, -0.1) is 0 Å². The molecule has 0 aromatic heterocycles. The van der Waals surface area contributed by atoms with Crippen LogP contribution >= 0.6 is 0 Å². The molecule has 74 valence electrons. The van der Waals surface area contributed by atoms with Gasteiger partial charge in [0.05, 0.1) is 0 Å². The zero-order valence-corrected chi connectivity index (χ0v) is 7.83. The molecule has 1 saturated carbocycles. The number of carboxylic acid groups (broad SMARTS) is 1. The molecule has 2 rings (SSSR count). The Kier molecular flexibility index (Phi) is 2.54. The van der Waals surface area contributed by atoms with E-state index in [-0.39, 0.29) is 6.04 Å². The molecular formula is C10H17NO2. The van der Waals surface area contributed by atoms with Gasteiger partial charge in [0.1, 0.15) is 6.04 Å². The summed E-state index contributed by atoms with van der Waals surface area (Å²) in [4.78, 5) is 10.7. The summed E-state index contributed by atoms with van der Waals surface area (Å²) in [5.41, 5.74) is 0. The molecule has 1 aliphatic heterocycles. The number of hydrogen-bond donors (Lipinski definition) is 2. The van der Waals surface area contributed by atoms with Gasteiger partial charge in [-0.05, 0) is 37.6 Å². The first-order valence-electron chi connectivity index (χ1n) is 5.22. The molecule has 13 heavy (non-hydrogen) atoms. The molecule has 0 spiro atoms. The standard InChI is InChI=1S/C10H17NO2/c12-10(13)9-6-8(3-4-11-9)5-7-1-2-7/h7-9,11H,1-6H2,(H,12,13). The normalized spacial score (nSPS) is 34.5. The molecule has 0 radical (unpaired) electrons. The molecule has 2 unspecified atom stereocenters. The fourth-order valence-corrected chi connectivity index (χ4v) is 2.22. The summed E-state index contributed by atoms with van der Waals surface area (Å²) < 4.78 is 0. The van der Waals surface area contributed by atoms with Crippen molar-refractivity contribution in [3.05, 3.63) is 0 Å². The Morgan fingerprint density at radius 1 is 1.31 bits per heavy atom. The molecular weight excluding hydrogens is 166 g/mol. The minimum absolute atomic E-state index is 0.280. The third kappa shape index (κ3) is 2.44. The maximum absolute atomic E-state index is 10.7. The second-order valence-electron chi connectivity index (χ2n) is 4.41. The highest BCUT2D eigenvalue weighted by molar-refractivity contribution is 5.73. The third-order valence-electron chi connectivity index (χ3n) is 3.17. The van der Waals surface area contributed by atoms with Crippen LogP contribution in [-0.2, 0) is 4.79 Å². The van der Waals surface area contributed by atoms with Crippen LogP contribution in [0.1, 0.15) is 32.1 Å². The van der Waals surface area contributed by atoms with Crippen molar-refractivity contribution in [3.63, 3.8) is 0 Å².